The van der Waals surface area contributed by atoms with Gasteiger partial charge in [-0.3, -0.25) is 4.79 Å². The van der Waals surface area contributed by atoms with Gasteiger partial charge in [-0.2, -0.15) is 0 Å². The van der Waals surface area contributed by atoms with Gasteiger partial charge < -0.3 is 10.2 Å². The molecule has 0 unspecified atom stereocenters. The van der Waals surface area contributed by atoms with E-state index in [0.29, 0.717) is 18.0 Å². The van der Waals surface area contributed by atoms with Crippen molar-refractivity contribution in [3.05, 3.63) is 71.1 Å². The smallest absolute Gasteiger partial charge is 0.251 e. The highest BCUT2D eigenvalue weighted by atomic mass is 32.1. The maximum Gasteiger partial charge on any atom is 0.251 e. The average molecular weight is 422 g/mol. The Bertz CT molecular complexity index is 919. The lowest BCUT2D eigenvalue weighted by molar-refractivity contribution is 0.0949. The third kappa shape index (κ3) is 6.17. The predicted octanol–water partition coefficient (Wildman–Crippen LogP) is 6.00. The van der Waals surface area contributed by atoms with Crippen LogP contribution in [-0.4, -0.2) is 24.0 Å². The van der Waals surface area contributed by atoms with Crippen molar-refractivity contribution in [1.29, 1.82) is 0 Å². The number of thiazole rings is 1. The van der Waals surface area contributed by atoms with Crippen molar-refractivity contribution >= 4 is 22.4 Å². The van der Waals surface area contributed by atoms with Gasteiger partial charge in [0.1, 0.15) is 0 Å². The Morgan fingerprint density at radius 2 is 1.83 bits per heavy atom. The maximum absolute atomic E-state index is 12.3. The zero-order chi connectivity index (χ0) is 21.3. The van der Waals surface area contributed by atoms with Crippen molar-refractivity contribution in [2.45, 2.75) is 40.2 Å². The van der Waals surface area contributed by atoms with Crippen LogP contribution in [0.3, 0.4) is 0 Å². The molecular weight excluding hydrogens is 390 g/mol. The van der Waals surface area contributed by atoms with Gasteiger partial charge in [-0.05, 0) is 30.0 Å². The topological polar surface area (TPSA) is 45.2 Å². The number of nitrogens with one attached hydrogen (secondary N) is 1. The number of unbranched alkanes of at least 4 members (excludes halogenated alkanes) is 1. The molecule has 0 saturated heterocycles. The van der Waals surface area contributed by atoms with Crippen molar-refractivity contribution in [2.75, 3.05) is 18.0 Å². The molecule has 0 aliphatic heterocycles. The fourth-order valence-corrected chi connectivity index (χ4v) is 3.98. The predicted molar refractivity (Wildman–Crippen MR) is 127 cm³/mol. The van der Waals surface area contributed by atoms with Gasteiger partial charge in [0.25, 0.3) is 5.91 Å². The average Bonchev–Trinajstić information content (AvgIpc) is 3.26. The zero-order valence-electron chi connectivity index (χ0n) is 18.1. The molecule has 158 valence electrons. The number of rotatable bonds is 10. The van der Waals surface area contributed by atoms with E-state index in [1.54, 1.807) is 11.3 Å². The Morgan fingerprint density at radius 1 is 1.10 bits per heavy atom. The van der Waals surface area contributed by atoms with Crippen LogP contribution >= 0.6 is 11.3 Å². The van der Waals surface area contributed by atoms with Crippen molar-refractivity contribution in [3.63, 3.8) is 0 Å². The fourth-order valence-electron chi connectivity index (χ4n) is 3.12. The summed E-state index contributed by atoms with van der Waals surface area (Å²) in [7, 11) is 0. The van der Waals surface area contributed by atoms with Gasteiger partial charge in [0.05, 0.1) is 5.69 Å². The van der Waals surface area contributed by atoms with E-state index >= 15 is 0 Å². The first-order valence-corrected chi connectivity index (χ1v) is 11.6. The molecule has 0 aliphatic carbocycles. The minimum Gasteiger partial charge on any atom is -0.352 e. The molecule has 1 N–H and O–H groups in total. The Balaban J connectivity index is 1.71. The first-order valence-electron chi connectivity index (χ1n) is 10.7. The maximum atomic E-state index is 12.3. The number of hydrogen-bond donors (Lipinski definition) is 1. The van der Waals surface area contributed by atoms with Gasteiger partial charge in [0.15, 0.2) is 5.13 Å². The van der Waals surface area contributed by atoms with Gasteiger partial charge in [0, 0.05) is 36.1 Å². The molecule has 0 atom stereocenters. The molecule has 3 rings (SSSR count). The highest BCUT2D eigenvalue weighted by molar-refractivity contribution is 7.14. The molecule has 0 spiro atoms. The Hall–Kier alpha value is -2.66. The van der Waals surface area contributed by atoms with Crippen molar-refractivity contribution < 1.29 is 4.79 Å². The Morgan fingerprint density at radius 3 is 2.50 bits per heavy atom. The van der Waals surface area contributed by atoms with Gasteiger partial charge in [0.2, 0.25) is 0 Å². The molecule has 0 fully saturated rings. The summed E-state index contributed by atoms with van der Waals surface area (Å²) >= 11 is 1.69. The first kappa shape index (κ1) is 22.0. The summed E-state index contributed by atoms with van der Waals surface area (Å²) in [6.07, 6.45) is 2.26. The molecule has 0 saturated carbocycles. The molecule has 1 aromatic heterocycles. The van der Waals surface area contributed by atoms with Gasteiger partial charge in [-0.1, -0.05) is 69.7 Å². The highest BCUT2D eigenvalue weighted by Crippen LogP contribution is 2.28. The lowest BCUT2D eigenvalue weighted by Gasteiger charge is -2.22. The van der Waals surface area contributed by atoms with Gasteiger partial charge in [-0.25, -0.2) is 4.98 Å². The standard InChI is InChI=1S/C25H31N3OS/c1-4-5-15-28(25-27-23(18-30-25)21-9-7-6-8-10-21)17-20-11-13-22(14-12-20)24(29)26-16-19(2)3/h6-14,18-19H,4-5,15-17H2,1-3H3,(H,26,29). The normalized spacial score (nSPS) is 10.9. The molecule has 4 nitrogen and oxygen atoms in total. The molecule has 2 aromatic carbocycles. The van der Waals surface area contributed by atoms with Crippen LogP contribution in [0.1, 0.15) is 49.5 Å². The molecule has 1 amide bonds. The fraction of sp³-hybridized carbons (Fsp3) is 0.360. The SMILES string of the molecule is CCCCN(Cc1ccc(C(=O)NCC(C)C)cc1)c1nc(-c2ccccc2)cs1. The second-order valence-corrected chi connectivity index (χ2v) is 8.79. The second kappa shape index (κ2) is 10.9. The second-order valence-electron chi connectivity index (χ2n) is 7.96. The summed E-state index contributed by atoms with van der Waals surface area (Å²) in [5.41, 5.74) is 4.06. The van der Waals surface area contributed by atoms with E-state index in [4.69, 9.17) is 4.98 Å². The van der Waals surface area contributed by atoms with Gasteiger partial charge in [-0.15, -0.1) is 11.3 Å². The van der Waals surface area contributed by atoms with E-state index in [1.807, 2.05) is 30.3 Å². The summed E-state index contributed by atoms with van der Waals surface area (Å²) in [6.45, 7) is 8.84. The van der Waals surface area contributed by atoms with Gasteiger partial charge >= 0.3 is 0 Å². The molecule has 0 radical (unpaired) electrons. The number of amides is 1. The monoisotopic (exact) mass is 421 g/mol. The molecule has 3 aromatic rings. The molecular formula is C25H31N3OS. The largest absolute Gasteiger partial charge is 0.352 e. The van der Waals surface area contributed by atoms with E-state index in [0.717, 1.165) is 42.3 Å². The van der Waals surface area contributed by atoms with E-state index in [9.17, 15) is 4.79 Å². The van der Waals surface area contributed by atoms with E-state index < -0.39 is 0 Å². The van der Waals surface area contributed by atoms with Crippen LogP contribution in [0.2, 0.25) is 0 Å². The van der Waals surface area contributed by atoms with E-state index in [2.05, 4.69) is 60.6 Å². The van der Waals surface area contributed by atoms with Crippen molar-refractivity contribution in [3.8, 4) is 11.3 Å². The summed E-state index contributed by atoms with van der Waals surface area (Å²) in [5, 5.41) is 6.15. The molecule has 0 bridgehead atoms. The number of aromatic nitrogens is 1. The number of carbonyl (C=O) groups is 1. The van der Waals surface area contributed by atoms with Crippen molar-refractivity contribution in [2.24, 2.45) is 5.92 Å². The number of carbonyl (C=O) groups excluding carboxylic acids is 1. The number of benzene rings is 2. The van der Waals surface area contributed by atoms with Crippen LogP contribution in [0.25, 0.3) is 11.3 Å². The highest BCUT2D eigenvalue weighted by Gasteiger charge is 2.13. The summed E-state index contributed by atoms with van der Waals surface area (Å²) < 4.78 is 0. The number of hydrogen-bond acceptors (Lipinski definition) is 4. The van der Waals surface area contributed by atoms with Crippen molar-refractivity contribution in [1.82, 2.24) is 10.3 Å². The van der Waals surface area contributed by atoms with Crippen LogP contribution < -0.4 is 10.2 Å². The number of anilines is 1. The Kier molecular flexibility index (Phi) is 8.03. The number of nitrogens with zero attached hydrogens (tertiary/aromatic N) is 2. The zero-order valence-corrected chi connectivity index (χ0v) is 18.9. The molecule has 1 heterocycles. The van der Waals surface area contributed by atoms with Crippen LogP contribution in [0.5, 0.6) is 0 Å². The summed E-state index contributed by atoms with van der Waals surface area (Å²) in [5.74, 6) is 0.435. The Labute approximate surface area is 184 Å². The molecule has 30 heavy (non-hydrogen) atoms. The quantitative estimate of drug-likeness (QED) is 0.436. The first-order chi connectivity index (χ1) is 14.6. The van der Waals surface area contributed by atoms with E-state index in [-0.39, 0.29) is 5.91 Å². The van der Waals surface area contributed by atoms with Crippen LogP contribution in [0.15, 0.2) is 60.0 Å². The minimum atomic E-state index is -0.00878. The third-order valence-corrected chi connectivity index (χ3v) is 5.78. The summed E-state index contributed by atoms with van der Waals surface area (Å²) in [6, 6.07) is 18.2. The van der Waals surface area contributed by atoms with Crippen LogP contribution in [0, 0.1) is 5.92 Å². The minimum absolute atomic E-state index is 0.00878. The molecule has 5 heteroatoms. The van der Waals surface area contributed by atoms with E-state index in [1.165, 1.54) is 5.56 Å². The third-order valence-electron chi connectivity index (χ3n) is 4.87. The molecule has 0 aliphatic rings. The van der Waals surface area contributed by atoms with Crippen LogP contribution in [0.4, 0.5) is 5.13 Å². The lowest BCUT2D eigenvalue weighted by Crippen LogP contribution is -2.27. The van der Waals surface area contributed by atoms with Crippen LogP contribution in [-0.2, 0) is 6.54 Å². The lowest BCUT2D eigenvalue weighted by atomic mass is 10.1. The summed E-state index contributed by atoms with van der Waals surface area (Å²) in [4.78, 5) is 19.5.